The molecule has 650 valence electrons. The number of aliphatic imine (C=N–C) groups is 2. The van der Waals surface area contributed by atoms with Gasteiger partial charge in [0.2, 0.25) is 82.7 Å². The lowest BCUT2D eigenvalue weighted by atomic mass is 9.96. The van der Waals surface area contributed by atoms with E-state index >= 15 is 0 Å². The van der Waals surface area contributed by atoms with Gasteiger partial charge in [-0.25, -0.2) is 4.79 Å². The number of amides is 14. The summed E-state index contributed by atoms with van der Waals surface area (Å²) in [7, 11) is 0. The normalized spacial score (nSPS) is 15.1. The van der Waals surface area contributed by atoms with E-state index in [9.17, 15) is 122 Å². The van der Waals surface area contributed by atoms with Gasteiger partial charge in [-0.1, -0.05) is 40.5 Å². The van der Waals surface area contributed by atoms with Gasteiger partial charge in [0.25, 0.3) is 0 Å². The molecule has 0 heterocycles. The van der Waals surface area contributed by atoms with Gasteiger partial charge in [0.15, 0.2) is 11.9 Å². The van der Waals surface area contributed by atoms with E-state index < -0.39 is 267 Å². The number of nitrogens with zero attached hydrogens (tertiary/aromatic N) is 2. The van der Waals surface area contributed by atoms with Crippen molar-refractivity contribution >= 4 is 124 Å². The van der Waals surface area contributed by atoms with Gasteiger partial charge in [-0.3, -0.25) is 96.3 Å². The number of unbranched alkanes of at least 4 members (excludes halogenated alkanes) is 2. The summed E-state index contributed by atoms with van der Waals surface area (Å²) in [6.07, 6.45) is -9.05. The van der Waals surface area contributed by atoms with Crippen molar-refractivity contribution in [1.29, 1.82) is 0 Å². The molecular weight excluding hydrogens is 1530 g/mol. The molecule has 0 spiro atoms. The third-order valence-electron chi connectivity index (χ3n) is 17.6. The zero-order valence-corrected chi connectivity index (χ0v) is 64.9. The highest BCUT2D eigenvalue weighted by Crippen LogP contribution is 2.16. The zero-order valence-electron chi connectivity index (χ0n) is 64.9. The van der Waals surface area contributed by atoms with Gasteiger partial charge in [0.05, 0.1) is 31.4 Å². The fourth-order valence-electron chi connectivity index (χ4n) is 10.7. The second kappa shape index (κ2) is 54.9. The topological polar surface area (TPSA) is 849 Å². The number of carbonyl (C=O) groups excluding carboxylic acids is 14. The van der Waals surface area contributed by atoms with E-state index in [1.54, 1.807) is 6.92 Å². The molecule has 0 saturated heterocycles. The van der Waals surface area contributed by atoms with E-state index in [0.29, 0.717) is 6.42 Å². The number of hydrogen-bond donors (Lipinski definition) is 27. The lowest BCUT2D eigenvalue weighted by Gasteiger charge is -2.30. The number of nitrogens with one attached hydrogen (secondary N) is 12. The van der Waals surface area contributed by atoms with Crippen LogP contribution in [0.3, 0.4) is 0 Å². The van der Waals surface area contributed by atoms with E-state index in [0.717, 1.165) is 6.92 Å². The van der Waals surface area contributed by atoms with E-state index in [-0.39, 0.29) is 109 Å². The predicted octanol–water partition coefficient (Wildman–Crippen LogP) is -10.1. The Morgan fingerprint density at radius 1 is 0.313 bits per heavy atom. The van der Waals surface area contributed by atoms with Crippen molar-refractivity contribution in [3.8, 4) is 0 Å². The molecule has 0 aliphatic rings. The lowest BCUT2D eigenvalue weighted by molar-refractivity contribution is -0.144. The van der Waals surface area contributed by atoms with Crippen LogP contribution in [0.4, 0.5) is 0 Å². The third kappa shape index (κ3) is 42.7. The van der Waals surface area contributed by atoms with Gasteiger partial charge in [0, 0.05) is 32.4 Å². The maximum absolute atomic E-state index is 14.5. The first-order chi connectivity index (χ1) is 53.8. The molecule has 36 N–H and O–H groups in total. The number of aliphatic hydroxyl groups excluding tert-OH is 1. The molecule has 16 atom stereocenters. The first-order valence-corrected chi connectivity index (χ1v) is 37.1. The summed E-state index contributed by atoms with van der Waals surface area (Å²) < 4.78 is 0. The largest absolute Gasteiger partial charge is 0.481 e. The van der Waals surface area contributed by atoms with Crippen LogP contribution in [0, 0.1) is 11.8 Å². The van der Waals surface area contributed by atoms with E-state index in [1.165, 1.54) is 20.8 Å². The Morgan fingerprint density at radius 2 is 0.600 bits per heavy atom. The van der Waals surface area contributed by atoms with Gasteiger partial charge >= 0.3 is 29.8 Å². The number of rotatable bonds is 61. The number of aliphatic carboxylic acids is 5. The standard InChI is InChI=1S/C67H117N23O25/c1-6-31(3)50(62(111)87-43(30-49(100)101)61(110)86-42(29-48(98)99)60(109)85-41(28-45(72)93)59(108)81-36(17-13-27-78-67(75)76)55(104)84-40(65(114)115)16-9-11-25-69)88-57(106)37(18-21-44(71)92)82-54(103)35(15-8-10-24-68)80-56(105)38(19-22-46(94)95)83-64(113)52(33(5)91)90-63(112)51(32(4)7-2)89-58(107)39(20-23-47(96)97)79-53(102)34(70)14-12-26-77-66(73)74/h31-43,50-52,91H,6-30,68-70H2,1-5H3,(H2,71,92)(H2,72,93)(H,79,102)(H,80,105)(H,81,108)(H,82,103)(H,83,113)(H,84,104)(H,85,109)(H,86,110)(H,87,111)(H,88,106)(H,89,107)(H,90,112)(H,94,95)(H,96,97)(H,98,99)(H,100,101)(H,114,115)(H4,73,74,77)(H4,75,76,78)/t31-,32-,33+,34-,35-,36-,37-,38-,39-,40-,41-,42-,43-,50-,51-,52-/m0/s1. The molecule has 115 heavy (non-hydrogen) atoms. The summed E-state index contributed by atoms with van der Waals surface area (Å²) in [5.41, 5.74) is 49.6. The molecule has 0 aliphatic heterocycles. The Kier molecular flexibility index (Phi) is 49.3. The van der Waals surface area contributed by atoms with Gasteiger partial charge in [0.1, 0.15) is 72.5 Å². The van der Waals surface area contributed by atoms with Crippen molar-refractivity contribution in [1.82, 2.24) is 63.8 Å². The predicted molar refractivity (Wildman–Crippen MR) is 405 cm³/mol. The molecule has 0 unspecified atom stereocenters. The molecule has 14 amide bonds. The molecule has 48 heteroatoms. The molecule has 0 rings (SSSR count). The minimum absolute atomic E-state index is 0.00722. The van der Waals surface area contributed by atoms with Crippen LogP contribution in [0.15, 0.2) is 9.98 Å². The summed E-state index contributed by atoms with van der Waals surface area (Å²) in [5.74, 6) is -27.6. The quantitative estimate of drug-likeness (QED) is 0.0153. The fourth-order valence-corrected chi connectivity index (χ4v) is 10.7. The molecule has 48 nitrogen and oxygen atoms in total. The Bertz CT molecular complexity index is 3390. The van der Waals surface area contributed by atoms with Crippen molar-refractivity contribution in [2.75, 3.05) is 26.2 Å². The summed E-state index contributed by atoms with van der Waals surface area (Å²) in [6.45, 7) is 7.24. The number of carboxylic acid groups (broad SMARTS) is 5. The van der Waals surface area contributed by atoms with E-state index in [2.05, 4.69) is 63.2 Å². The second-order valence-corrected chi connectivity index (χ2v) is 27.2. The number of carbonyl (C=O) groups is 19. The summed E-state index contributed by atoms with van der Waals surface area (Å²) in [6, 6.07) is -23.5. The monoisotopic (exact) mass is 1640 g/mol. The molecule has 0 aromatic heterocycles. The number of guanidine groups is 2. The molecule has 0 bridgehead atoms. The van der Waals surface area contributed by atoms with Gasteiger partial charge < -0.3 is 146 Å². The summed E-state index contributed by atoms with van der Waals surface area (Å²) >= 11 is 0. The van der Waals surface area contributed by atoms with Crippen LogP contribution in [0.25, 0.3) is 0 Å². The van der Waals surface area contributed by atoms with E-state index in [4.69, 9.17) is 51.6 Å². The van der Waals surface area contributed by atoms with Crippen LogP contribution in [0.2, 0.25) is 0 Å². The van der Waals surface area contributed by atoms with Crippen LogP contribution in [-0.4, -0.2) is 266 Å². The van der Waals surface area contributed by atoms with Crippen molar-refractivity contribution in [2.45, 2.75) is 254 Å². The molecular formula is C67H117N23O25. The lowest BCUT2D eigenvalue weighted by Crippen LogP contribution is -2.63. The van der Waals surface area contributed by atoms with Crippen LogP contribution >= 0.6 is 0 Å². The van der Waals surface area contributed by atoms with Gasteiger partial charge in [-0.05, 0) is 115 Å². The first-order valence-electron chi connectivity index (χ1n) is 37.1. The minimum Gasteiger partial charge on any atom is -0.481 e. The SMILES string of the molecule is CC[C@H](C)[C@H](NC(=O)[C@H](CCC(N)=O)NC(=O)[C@H](CCCCN)NC(=O)[C@H](CCC(=O)O)NC(=O)[C@@H](NC(=O)[C@@H](NC(=O)[C@H](CCC(=O)O)NC(=O)[C@@H](N)CCCN=C(N)N)[C@@H](C)CC)[C@@H](C)O)C(=O)N[C@@H](CC(=O)O)C(=O)N[C@@H](CC(=O)O)C(=O)N[C@@H](CC(N)=O)C(=O)N[C@@H](CCCN=C(N)N)C(=O)N[C@@H](CCCCN)C(=O)O. The highest BCUT2D eigenvalue weighted by molar-refractivity contribution is 6.02. The maximum Gasteiger partial charge on any atom is 0.326 e. The average Bonchev–Trinajstić information content (AvgIpc) is 0.847. The van der Waals surface area contributed by atoms with Crippen LogP contribution in [-0.2, 0) is 91.1 Å². The summed E-state index contributed by atoms with van der Waals surface area (Å²) in [4.78, 5) is 261. The molecule has 0 saturated carbocycles. The van der Waals surface area contributed by atoms with Crippen molar-refractivity contribution in [2.24, 2.45) is 73.4 Å². The fraction of sp³-hybridized carbons (Fsp3) is 0.687. The van der Waals surface area contributed by atoms with Crippen molar-refractivity contribution in [3.05, 3.63) is 0 Å². The molecule has 0 aromatic carbocycles. The number of hydrogen-bond acceptors (Lipinski definition) is 25. The number of aliphatic hydroxyl groups is 1. The van der Waals surface area contributed by atoms with Crippen LogP contribution in [0.5, 0.6) is 0 Å². The second-order valence-electron chi connectivity index (χ2n) is 27.2. The number of primary amides is 2. The maximum atomic E-state index is 14.5. The molecule has 0 radical (unpaired) electrons. The molecule has 0 fully saturated rings. The van der Waals surface area contributed by atoms with Crippen LogP contribution < -0.4 is 115 Å². The smallest absolute Gasteiger partial charge is 0.326 e. The Labute approximate surface area is 661 Å². The number of nitrogens with two attached hydrogens (primary N) is 9. The highest BCUT2D eigenvalue weighted by Gasteiger charge is 2.41. The average molecular weight is 1640 g/mol. The first kappa shape index (κ1) is 103. The molecule has 0 aromatic rings. The van der Waals surface area contributed by atoms with E-state index in [1.807, 2.05) is 10.6 Å². The van der Waals surface area contributed by atoms with Crippen molar-refractivity contribution < 1.29 is 122 Å². The van der Waals surface area contributed by atoms with Crippen LogP contribution in [0.1, 0.15) is 169 Å². The minimum atomic E-state index is -2.29. The zero-order chi connectivity index (χ0) is 87.9. The third-order valence-corrected chi connectivity index (χ3v) is 17.6. The number of carboxylic acids is 5. The summed E-state index contributed by atoms with van der Waals surface area (Å²) in [5, 5.41) is 87.0. The van der Waals surface area contributed by atoms with Gasteiger partial charge in [-0.2, -0.15) is 0 Å². The Balaban J connectivity index is 7.31. The Morgan fingerprint density at radius 3 is 0.948 bits per heavy atom. The Hall–Kier alpha value is -11.7. The van der Waals surface area contributed by atoms with Gasteiger partial charge in [-0.15, -0.1) is 0 Å². The molecule has 0 aliphatic carbocycles. The van der Waals surface area contributed by atoms with Crippen molar-refractivity contribution in [3.63, 3.8) is 0 Å². The highest BCUT2D eigenvalue weighted by atomic mass is 16.4.